The topological polar surface area (TPSA) is 35.2 Å². The van der Waals surface area contributed by atoms with E-state index >= 15 is 0 Å². The van der Waals surface area contributed by atoms with Crippen LogP contribution in [0.5, 0.6) is 5.75 Å². The van der Waals surface area contributed by atoms with Gasteiger partial charge in [0.15, 0.2) is 0 Å². The predicted octanol–water partition coefficient (Wildman–Crippen LogP) is 1.59. The van der Waals surface area contributed by atoms with Gasteiger partial charge in [0.05, 0.1) is 0 Å². The molecule has 2 nitrogen and oxygen atoms in total. The molecule has 2 heteroatoms. The molecule has 0 spiro atoms. The molecule has 0 saturated carbocycles. The number of ether oxygens (including phenoxy) is 1. The molecule has 0 bridgehead atoms. The predicted molar refractivity (Wildman–Crippen MR) is 58.1 cm³/mol. The Morgan fingerprint density at radius 2 is 2.14 bits per heavy atom. The van der Waals surface area contributed by atoms with Crippen molar-refractivity contribution in [1.29, 1.82) is 0 Å². The van der Waals surface area contributed by atoms with Crippen LogP contribution in [0.4, 0.5) is 0 Å². The van der Waals surface area contributed by atoms with Gasteiger partial charge in [0.25, 0.3) is 0 Å². The summed E-state index contributed by atoms with van der Waals surface area (Å²) in [6.45, 7) is 2.88. The highest BCUT2D eigenvalue weighted by atomic mass is 16.5. The number of benzene rings is 1. The summed E-state index contributed by atoms with van der Waals surface area (Å²) in [5.74, 6) is 6.54. The van der Waals surface area contributed by atoms with Gasteiger partial charge in [-0.05, 0) is 31.5 Å². The van der Waals surface area contributed by atoms with Crippen LogP contribution < -0.4 is 10.5 Å². The smallest absolute Gasteiger partial charge is 0.149 e. The Kier molecular flexibility index (Phi) is 4.60. The van der Waals surface area contributed by atoms with Gasteiger partial charge in [-0.15, -0.1) is 5.92 Å². The van der Waals surface area contributed by atoms with E-state index in [4.69, 9.17) is 10.5 Å². The Balaban J connectivity index is 2.67. The summed E-state index contributed by atoms with van der Waals surface area (Å²) in [4.78, 5) is 0. The number of para-hydroxylation sites is 1. The van der Waals surface area contributed by atoms with Crippen LogP contribution in [-0.4, -0.2) is 13.2 Å². The van der Waals surface area contributed by atoms with Crippen molar-refractivity contribution in [1.82, 2.24) is 0 Å². The Morgan fingerprint density at radius 1 is 1.36 bits per heavy atom. The molecule has 1 aromatic rings. The molecule has 0 aromatic heterocycles. The van der Waals surface area contributed by atoms with Gasteiger partial charge in [0.1, 0.15) is 12.4 Å². The number of hydrogen-bond donors (Lipinski definition) is 1. The summed E-state index contributed by atoms with van der Waals surface area (Å²) < 4.78 is 5.50. The Labute approximate surface area is 85.1 Å². The minimum Gasteiger partial charge on any atom is -0.481 e. The van der Waals surface area contributed by atoms with E-state index in [0.29, 0.717) is 13.2 Å². The molecule has 0 fully saturated rings. The summed E-state index contributed by atoms with van der Waals surface area (Å²) >= 11 is 0. The van der Waals surface area contributed by atoms with Crippen LogP contribution in [0.3, 0.4) is 0 Å². The minimum atomic E-state index is 0.443. The molecule has 0 aliphatic rings. The first-order valence-electron chi connectivity index (χ1n) is 4.69. The van der Waals surface area contributed by atoms with Gasteiger partial charge in [0, 0.05) is 0 Å². The fourth-order valence-corrected chi connectivity index (χ4v) is 1.19. The molecule has 0 amide bonds. The van der Waals surface area contributed by atoms with Gasteiger partial charge in [-0.2, -0.15) is 0 Å². The SMILES string of the molecule is CC#CCOc1ccccc1CCN. The molecule has 0 unspecified atom stereocenters. The summed E-state index contributed by atoms with van der Waals surface area (Å²) in [7, 11) is 0. The summed E-state index contributed by atoms with van der Waals surface area (Å²) in [5, 5.41) is 0. The van der Waals surface area contributed by atoms with Crippen LogP contribution in [0.2, 0.25) is 0 Å². The fraction of sp³-hybridized carbons (Fsp3) is 0.333. The van der Waals surface area contributed by atoms with Crippen molar-refractivity contribution in [2.45, 2.75) is 13.3 Å². The standard InChI is InChI=1S/C12H15NO/c1-2-3-10-14-12-7-5-4-6-11(12)8-9-13/h4-7H,8-10,13H2,1H3. The highest BCUT2D eigenvalue weighted by molar-refractivity contribution is 5.33. The first kappa shape index (κ1) is 10.6. The van der Waals surface area contributed by atoms with Crippen LogP contribution in [0, 0.1) is 11.8 Å². The highest BCUT2D eigenvalue weighted by Gasteiger charge is 2.00. The van der Waals surface area contributed by atoms with E-state index in [1.807, 2.05) is 24.3 Å². The van der Waals surface area contributed by atoms with Crippen molar-refractivity contribution in [3.05, 3.63) is 29.8 Å². The summed E-state index contributed by atoms with van der Waals surface area (Å²) in [6, 6.07) is 7.92. The van der Waals surface area contributed by atoms with Gasteiger partial charge in [-0.1, -0.05) is 24.1 Å². The Bertz CT molecular complexity index is 336. The molecular weight excluding hydrogens is 174 g/mol. The lowest BCUT2D eigenvalue weighted by atomic mass is 10.1. The Hall–Kier alpha value is -1.46. The maximum atomic E-state index is 5.50. The van der Waals surface area contributed by atoms with Gasteiger partial charge in [-0.3, -0.25) is 0 Å². The van der Waals surface area contributed by atoms with Gasteiger partial charge >= 0.3 is 0 Å². The molecule has 0 saturated heterocycles. The van der Waals surface area contributed by atoms with E-state index in [2.05, 4.69) is 11.8 Å². The van der Waals surface area contributed by atoms with Gasteiger partial charge in [-0.25, -0.2) is 0 Å². The van der Waals surface area contributed by atoms with Crippen LogP contribution in [-0.2, 0) is 6.42 Å². The number of rotatable bonds is 4. The molecule has 1 rings (SSSR count). The summed E-state index contributed by atoms with van der Waals surface area (Å²) in [5.41, 5.74) is 6.65. The lowest BCUT2D eigenvalue weighted by molar-refractivity contribution is 0.366. The molecule has 0 aliphatic carbocycles. The van der Waals surface area contributed by atoms with Crippen molar-refractivity contribution in [2.24, 2.45) is 5.73 Å². The zero-order valence-corrected chi connectivity index (χ0v) is 8.42. The maximum absolute atomic E-state index is 5.50. The third-order valence-electron chi connectivity index (χ3n) is 1.86. The second-order valence-electron chi connectivity index (χ2n) is 2.86. The van der Waals surface area contributed by atoms with Crippen molar-refractivity contribution in [2.75, 3.05) is 13.2 Å². The van der Waals surface area contributed by atoms with Gasteiger partial charge in [0.2, 0.25) is 0 Å². The molecule has 0 heterocycles. The average Bonchev–Trinajstić information content (AvgIpc) is 2.21. The normalized spacial score (nSPS) is 9.00. The molecule has 1 aromatic carbocycles. The largest absolute Gasteiger partial charge is 0.481 e. The number of hydrogen-bond acceptors (Lipinski definition) is 2. The molecule has 0 atom stereocenters. The first-order valence-corrected chi connectivity index (χ1v) is 4.69. The van der Waals surface area contributed by atoms with Gasteiger partial charge < -0.3 is 10.5 Å². The van der Waals surface area contributed by atoms with Crippen LogP contribution in [0.25, 0.3) is 0 Å². The zero-order valence-electron chi connectivity index (χ0n) is 8.42. The second kappa shape index (κ2) is 6.06. The van der Waals surface area contributed by atoms with Crippen LogP contribution in [0.15, 0.2) is 24.3 Å². The zero-order chi connectivity index (χ0) is 10.2. The molecule has 2 N–H and O–H groups in total. The van der Waals surface area contributed by atoms with E-state index in [9.17, 15) is 0 Å². The third kappa shape index (κ3) is 3.12. The van der Waals surface area contributed by atoms with Crippen LogP contribution in [0.1, 0.15) is 12.5 Å². The first-order chi connectivity index (χ1) is 6.88. The summed E-state index contributed by atoms with van der Waals surface area (Å²) in [6.07, 6.45) is 0.843. The molecule has 0 aliphatic heterocycles. The van der Waals surface area contributed by atoms with E-state index < -0.39 is 0 Å². The molecule has 0 radical (unpaired) electrons. The van der Waals surface area contributed by atoms with Crippen LogP contribution >= 0.6 is 0 Å². The Morgan fingerprint density at radius 3 is 2.86 bits per heavy atom. The molecule has 74 valence electrons. The lowest BCUT2D eigenvalue weighted by Crippen LogP contribution is -2.05. The van der Waals surface area contributed by atoms with E-state index in [-0.39, 0.29) is 0 Å². The molecular formula is C12H15NO. The number of nitrogens with two attached hydrogens (primary N) is 1. The monoisotopic (exact) mass is 189 g/mol. The van der Waals surface area contributed by atoms with E-state index in [0.717, 1.165) is 17.7 Å². The van der Waals surface area contributed by atoms with Crippen molar-refractivity contribution < 1.29 is 4.74 Å². The quantitative estimate of drug-likeness (QED) is 0.730. The average molecular weight is 189 g/mol. The van der Waals surface area contributed by atoms with E-state index in [1.165, 1.54) is 0 Å². The lowest BCUT2D eigenvalue weighted by Gasteiger charge is -2.07. The maximum Gasteiger partial charge on any atom is 0.149 e. The van der Waals surface area contributed by atoms with Crippen molar-refractivity contribution in [3.63, 3.8) is 0 Å². The third-order valence-corrected chi connectivity index (χ3v) is 1.86. The van der Waals surface area contributed by atoms with E-state index in [1.54, 1.807) is 6.92 Å². The second-order valence-corrected chi connectivity index (χ2v) is 2.86. The highest BCUT2D eigenvalue weighted by Crippen LogP contribution is 2.17. The fourth-order valence-electron chi connectivity index (χ4n) is 1.19. The van der Waals surface area contributed by atoms with Crippen molar-refractivity contribution in [3.8, 4) is 17.6 Å². The minimum absolute atomic E-state index is 0.443. The van der Waals surface area contributed by atoms with Crippen molar-refractivity contribution >= 4 is 0 Å². The molecule has 14 heavy (non-hydrogen) atoms.